The average Bonchev–Trinajstić information content (AvgIpc) is 2.67. The summed E-state index contributed by atoms with van der Waals surface area (Å²) in [6, 6.07) is 8.49. The quantitative estimate of drug-likeness (QED) is 0.852. The van der Waals surface area contributed by atoms with Crippen LogP contribution in [0.25, 0.3) is 10.4 Å². The van der Waals surface area contributed by atoms with Gasteiger partial charge >= 0.3 is 0 Å². The maximum Gasteiger partial charge on any atom is 0.183 e. The molecule has 1 N–H and O–H groups in total. The van der Waals surface area contributed by atoms with E-state index in [2.05, 4.69) is 48.4 Å². The molecule has 1 aromatic carbocycles. The van der Waals surface area contributed by atoms with Gasteiger partial charge in [-0.05, 0) is 19.4 Å². The summed E-state index contributed by atoms with van der Waals surface area (Å²) in [5.41, 5.74) is 2.53. The third kappa shape index (κ3) is 2.36. The van der Waals surface area contributed by atoms with Gasteiger partial charge in [-0.3, -0.25) is 0 Å². The van der Waals surface area contributed by atoms with Gasteiger partial charge in [0.2, 0.25) is 0 Å². The van der Waals surface area contributed by atoms with Crippen molar-refractivity contribution in [3.05, 3.63) is 36.0 Å². The minimum atomic E-state index is 0.917. The number of hydrogen-bond acceptors (Lipinski definition) is 3. The van der Waals surface area contributed by atoms with Gasteiger partial charge in [0, 0.05) is 12.7 Å². The number of benzene rings is 1. The van der Waals surface area contributed by atoms with Crippen molar-refractivity contribution >= 4 is 16.5 Å². The van der Waals surface area contributed by atoms with Gasteiger partial charge in [-0.15, -0.1) is 0 Å². The second kappa shape index (κ2) is 4.45. The van der Waals surface area contributed by atoms with E-state index in [9.17, 15) is 0 Å². The molecule has 0 fully saturated rings. The number of nitrogens with one attached hydrogen (secondary N) is 1. The molecule has 15 heavy (non-hydrogen) atoms. The molecule has 0 aliphatic rings. The molecule has 0 bridgehead atoms. The van der Waals surface area contributed by atoms with Crippen LogP contribution in [0.2, 0.25) is 0 Å². The van der Waals surface area contributed by atoms with Gasteiger partial charge in [0.05, 0.1) is 4.88 Å². The van der Waals surface area contributed by atoms with Crippen LogP contribution in [-0.2, 0) is 0 Å². The zero-order valence-electron chi connectivity index (χ0n) is 8.95. The van der Waals surface area contributed by atoms with E-state index >= 15 is 0 Å². The van der Waals surface area contributed by atoms with Gasteiger partial charge in [-0.2, -0.15) is 0 Å². The number of aromatic nitrogens is 1. The van der Waals surface area contributed by atoms with Crippen molar-refractivity contribution < 1.29 is 0 Å². The maximum atomic E-state index is 4.32. The van der Waals surface area contributed by atoms with E-state index in [1.165, 1.54) is 16.0 Å². The molecule has 0 atom stereocenters. The number of rotatable bonds is 3. The molecular weight excluding hydrogens is 204 g/mol. The summed E-state index contributed by atoms with van der Waals surface area (Å²) < 4.78 is 0. The van der Waals surface area contributed by atoms with Gasteiger partial charge in [-0.25, -0.2) is 4.98 Å². The molecule has 3 heteroatoms. The van der Waals surface area contributed by atoms with Crippen LogP contribution in [0.1, 0.15) is 12.5 Å². The summed E-state index contributed by atoms with van der Waals surface area (Å²) in [4.78, 5) is 5.54. The molecule has 1 heterocycles. The standard InChI is InChI=1S/C12H14N2S/c1-3-13-12-14-8-11(15-12)10-6-4-5-9(2)7-10/h4-8H,3H2,1-2H3,(H,13,14). The Kier molecular flexibility index (Phi) is 3.02. The van der Waals surface area contributed by atoms with E-state index in [-0.39, 0.29) is 0 Å². The Morgan fingerprint density at radius 1 is 1.40 bits per heavy atom. The lowest BCUT2D eigenvalue weighted by Gasteiger charge is -1.97. The number of anilines is 1. The molecule has 0 saturated carbocycles. The highest BCUT2D eigenvalue weighted by molar-refractivity contribution is 7.18. The summed E-state index contributed by atoms with van der Waals surface area (Å²) in [5.74, 6) is 0. The van der Waals surface area contributed by atoms with Crippen LogP contribution in [0.4, 0.5) is 5.13 Å². The fourth-order valence-corrected chi connectivity index (χ4v) is 2.32. The number of nitrogens with zero attached hydrogens (tertiary/aromatic N) is 1. The van der Waals surface area contributed by atoms with Crippen molar-refractivity contribution in [2.75, 3.05) is 11.9 Å². The fraction of sp³-hybridized carbons (Fsp3) is 0.250. The van der Waals surface area contributed by atoms with Crippen LogP contribution in [0.5, 0.6) is 0 Å². The van der Waals surface area contributed by atoms with Gasteiger partial charge in [0.15, 0.2) is 5.13 Å². The lowest BCUT2D eigenvalue weighted by Crippen LogP contribution is -1.94. The third-order valence-electron chi connectivity index (χ3n) is 2.14. The lowest BCUT2D eigenvalue weighted by molar-refractivity contribution is 1.19. The van der Waals surface area contributed by atoms with Crippen molar-refractivity contribution in [3.63, 3.8) is 0 Å². The van der Waals surface area contributed by atoms with Crippen molar-refractivity contribution in [3.8, 4) is 10.4 Å². The molecule has 2 aromatic rings. The molecule has 0 spiro atoms. The third-order valence-corrected chi connectivity index (χ3v) is 3.14. The second-order valence-corrected chi connectivity index (χ2v) is 4.46. The van der Waals surface area contributed by atoms with Crippen molar-refractivity contribution in [2.45, 2.75) is 13.8 Å². The predicted octanol–water partition coefficient (Wildman–Crippen LogP) is 3.55. The molecule has 2 rings (SSSR count). The summed E-state index contributed by atoms with van der Waals surface area (Å²) in [5, 5.41) is 4.21. The second-order valence-electron chi connectivity index (χ2n) is 3.43. The minimum absolute atomic E-state index is 0.917. The zero-order chi connectivity index (χ0) is 10.7. The highest BCUT2D eigenvalue weighted by Gasteiger charge is 2.03. The van der Waals surface area contributed by atoms with Gasteiger partial charge in [0.25, 0.3) is 0 Å². The van der Waals surface area contributed by atoms with Crippen LogP contribution in [0.15, 0.2) is 30.5 Å². The molecule has 0 unspecified atom stereocenters. The fourth-order valence-electron chi connectivity index (χ4n) is 1.44. The van der Waals surface area contributed by atoms with Crippen LogP contribution >= 0.6 is 11.3 Å². The van der Waals surface area contributed by atoms with Crippen LogP contribution < -0.4 is 5.32 Å². The predicted molar refractivity (Wildman–Crippen MR) is 66.5 cm³/mol. The van der Waals surface area contributed by atoms with Crippen molar-refractivity contribution in [1.29, 1.82) is 0 Å². The molecule has 0 aliphatic carbocycles. The van der Waals surface area contributed by atoms with Crippen LogP contribution in [0.3, 0.4) is 0 Å². The first-order valence-electron chi connectivity index (χ1n) is 5.06. The highest BCUT2D eigenvalue weighted by Crippen LogP contribution is 2.29. The topological polar surface area (TPSA) is 24.9 Å². The maximum absolute atomic E-state index is 4.32. The summed E-state index contributed by atoms with van der Waals surface area (Å²) >= 11 is 1.70. The van der Waals surface area contributed by atoms with E-state index in [4.69, 9.17) is 0 Å². The molecule has 0 radical (unpaired) electrons. The first kappa shape index (κ1) is 10.2. The Bertz CT molecular complexity index is 448. The summed E-state index contributed by atoms with van der Waals surface area (Å²) in [6.07, 6.45) is 1.93. The number of aryl methyl sites for hydroxylation is 1. The molecule has 0 amide bonds. The minimum Gasteiger partial charge on any atom is -0.362 e. The van der Waals surface area contributed by atoms with Crippen LogP contribution in [-0.4, -0.2) is 11.5 Å². The van der Waals surface area contributed by atoms with E-state index < -0.39 is 0 Å². The van der Waals surface area contributed by atoms with E-state index in [1.807, 2.05) is 6.20 Å². The van der Waals surface area contributed by atoms with E-state index in [1.54, 1.807) is 11.3 Å². The zero-order valence-corrected chi connectivity index (χ0v) is 9.77. The van der Waals surface area contributed by atoms with Crippen LogP contribution in [0, 0.1) is 6.92 Å². The number of hydrogen-bond donors (Lipinski definition) is 1. The SMILES string of the molecule is CCNc1ncc(-c2cccc(C)c2)s1. The average molecular weight is 218 g/mol. The normalized spacial score (nSPS) is 10.3. The van der Waals surface area contributed by atoms with E-state index in [0.29, 0.717) is 0 Å². The first-order chi connectivity index (χ1) is 7.29. The van der Waals surface area contributed by atoms with E-state index in [0.717, 1.165) is 11.7 Å². The smallest absolute Gasteiger partial charge is 0.183 e. The first-order valence-corrected chi connectivity index (χ1v) is 5.88. The highest BCUT2D eigenvalue weighted by atomic mass is 32.1. The van der Waals surface area contributed by atoms with Gasteiger partial charge in [-0.1, -0.05) is 41.2 Å². The molecule has 2 nitrogen and oxygen atoms in total. The Balaban J connectivity index is 2.29. The molecular formula is C12H14N2S. The monoisotopic (exact) mass is 218 g/mol. The Morgan fingerprint density at radius 3 is 3.00 bits per heavy atom. The Labute approximate surface area is 94.0 Å². The lowest BCUT2D eigenvalue weighted by atomic mass is 10.1. The Hall–Kier alpha value is -1.35. The molecule has 1 aromatic heterocycles. The number of thiazole rings is 1. The van der Waals surface area contributed by atoms with Crippen molar-refractivity contribution in [1.82, 2.24) is 4.98 Å². The molecule has 0 aliphatic heterocycles. The summed E-state index contributed by atoms with van der Waals surface area (Å²) in [7, 11) is 0. The van der Waals surface area contributed by atoms with Crippen molar-refractivity contribution in [2.24, 2.45) is 0 Å². The van der Waals surface area contributed by atoms with Gasteiger partial charge in [0.1, 0.15) is 0 Å². The Morgan fingerprint density at radius 2 is 2.27 bits per heavy atom. The molecule has 0 saturated heterocycles. The summed E-state index contributed by atoms with van der Waals surface area (Å²) in [6.45, 7) is 5.10. The molecule has 78 valence electrons. The van der Waals surface area contributed by atoms with Gasteiger partial charge < -0.3 is 5.32 Å². The largest absolute Gasteiger partial charge is 0.362 e.